The predicted octanol–water partition coefficient (Wildman–Crippen LogP) is 2.81. The first-order valence-corrected chi connectivity index (χ1v) is 6.24. The predicted molar refractivity (Wildman–Crippen MR) is 68.4 cm³/mol. The van der Waals surface area contributed by atoms with Crippen molar-refractivity contribution in [1.29, 1.82) is 0 Å². The highest BCUT2D eigenvalue weighted by molar-refractivity contribution is 5.81. The van der Waals surface area contributed by atoms with Crippen molar-refractivity contribution in [3.63, 3.8) is 0 Å². The summed E-state index contributed by atoms with van der Waals surface area (Å²) in [4.78, 5) is 14.1. The monoisotopic (exact) mass is 221 g/mol. The van der Waals surface area contributed by atoms with E-state index in [4.69, 9.17) is 0 Å². The van der Waals surface area contributed by atoms with Crippen molar-refractivity contribution >= 4 is 5.78 Å². The Balaban J connectivity index is 2.49. The molecule has 2 heteroatoms. The van der Waals surface area contributed by atoms with Gasteiger partial charge in [-0.05, 0) is 12.8 Å². The molecule has 0 aliphatic heterocycles. The fraction of sp³-hybridized carbons (Fsp3) is 0.643. The third-order valence-electron chi connectivity index (χ3n) is 3.18. The van der Waals surface area contributed by atoms with Crippen LogP contribution in [-0.2, 0) is 4.79 Å². The van der Waals surface area contributed by atoms with Crippen molar-refractivity contribution in [3.8, 4) is 0 Å². The Morgan fingerprint density at radius 1 is 1.19 bits per heavy atom. The Morgan fingerprint density at radius 2 is 1.88 bits per heavy atom. The smallest absolute Gasteiger partial charge is 0.137 e. The average Bonchev–Trinajstić information content (AvgIpc) is 2.45. The van der Waals surface area contributed by atoms with Gasteiger partial charge in [0.15, 0.2) is 0 Å². The number of hydrogen-bond acceptors (Lipinski definition) is 2. The number of nitrogens with zero attached hydrogens (tertiary/aromatic N) is 1. The largest absolute Gasteiger partial charge is 0.299 e. The Hall–Kier alpha value is -0.890. The van der Waals surface area contributed by atoms with Gasteiger partial charge < -0.3 is 0 Å². The maximum Gasteiger partial charge on any atom is 0.137 e. The molecule has 0 N–H and O–H groups in total. The number of carbonyl (C=O) groups is 1. The zero-order valence-corrected chi connectivity index (χ0v) is 10.2. The highest BCUT2D eigenvalue weighted by atomic mass is 16.1. The Morgan fingerprint density at radius 3 is 2.50 bits per heavy atom. The third kappa shape index (κ3) is 4.31. The SMILES string of the molecule is C=CCN(CC=C)CC1CCCCCC1=O. The van der Waals surface area contributed by atoms with Gasteiger partial charge in [0.1, 0.15) is 5.78 Å². The highest BCUT2D eigenvalue weighted by Crippen LogP contribution is 2.20. The zero-order chi connectivity index (χ0) is 11.8. The Labute approximate surface area is 99.0 Å². The molecule has 0 bridgehead atoms. The molecule has 2 nitrogen and oxygen atoms in total. The molecule has 0 heterocycles. The molecular formula is C14H23NO. The molecule has 16 heavy (non-hydrogen) atoms. The van der Waals surface area contributed by atoms with E-state index in [1.807, 2.05) is 12.2 Å². The van der Waals surface area contributed by atoms with Crippen LogP contribution < -0.4 is 0 Å². The van der Waals surface area contributed by atoms with Gasteiger partial charge in [-0.2, -0.15) is 0 Å². The zero-order valence-electron chi connectivity index (χ0n) is 10.2. The van der Waals surface area contributed by atoms with Crippen LogP contribution in [0.1, 0.15) is 32.1 Å². The van der Waals surface area contributed by atoms with E-state index in [9.17, 15) is 4.79 Å². The van der Waals surface area contributed by atoms with E-state index in [0.29, 0.717) is 5.78 Å². The maximum absolute atomic E-state index is 11.9. The number of rotatable bonds is 6. The normalized spacial score (nSPS) is 21.8. The van der Waals surface area contributed by atoms with E-state index in [2.05, 4.69) is 18.1 Å². The van der Waals surface area contributed by atoms with Crippen LogP contribution in [0.15, 0.2) is 25.3 Å². The first-order chi connectivity index (χ1) is 7.77. The summed E-state index contributed by atoms with van der Waals surface area (Å²) in [5.74, 6) is 0.693. The number of hydrogen-bond donors (Lipinski definition) is 0. The van der Waals surface area contributed by atoms with Crippen LogP contribution in [0, 0.1) is 5.92 Å². The van der Waals surface area contributed by atoms with Crippen molar-refractivity contribution in [3.05, 3.63) is 25.3 Å². The molecule has 0 aromatic carbocycles. The topological polar surface area (TPSA) is 20.3 Å². The van der Waals surface area contributed by atoms with Crippen LogP contribution >= 0.6 is 0 Å². The maximum atomic E-state index is 11.9. The van der Waals surface area contributed by atoms with Crippen molar-refractivity contribution in [2.45, 2.75) is 32.1 Å². The number of ketones is 1. The molecule has 1 atom stereocenters. The number of Topliss-reactive ketones (excluding diaryl/α,β-unsaturated/α-hetero) is 1. The summed E-state index contributed by atoms with van der Waals surface area (Å²) in [7, 11) is 0. The second kappa shape index (κ2) is 7.39. The summed E-state index contributed by atoms with van der Waals surface area (Å²) >= 11 is 0. The van der Waals surface area contributed by atoms with Crippen LogP contribution in [0.25, 0.3) is 0 Å². The van der Waals surface area contributed by atoms with E-state index in [0.717, 1.165) is 38.9 Å². The Kier molecular flexibility index (Phi) is 6.09. The van der Waals surface area contributed by atoms with Crippen molar-refractivity contribution < 1.29 is 4.79 Å². The van der Waals surface area contributed by atoms with Crippen LogP contribution in [0.5, 0.6) is 0 Å². The van der Waals surface area contributed by atoms with Crippen LogP contribution in [0.4, 0.5) is 0 Å². The molecule has 0 aromatic heterocycles. The van der Waals surface area contributed by atoms with E-state index < -0.39 is 0 Å². The number of carbonyl (C=O) groups excluding carboxylic acids is 1. The summed E-state index contributed by atoms with van der Waals surface area (Å²) < 4.78 is 0. The molecule has 0 aromatic rings. The summed E-state index contributed by atoms with van der Waals surface area (Å²) in [6.07, 6.45) is 9.12. The summed E-state index contributed by atoms with van der Waals surface area (Å²) in [6.45, 7) is 10.1. The lowest BCUT2D eigenvalue weighted by atomic mass is 9.98. The molecule has 1 aliphatic rings. The minimum Gasteiger partial charge on any atom is -0.299 e. The molecule has 1 saturated carbocycles. The van der Waals surface area contributed by atoms with Gasteiger partial charge >= 0.3 is 0 Å². The van der Waals surface area contributed by atoms with Gasteiger partial charge in [-0.1, -0.05) is 25.0 Å². The van der Waals surface area contributed by atoms with Crippen molar-refractivity contribution in [2.75, 3.05) is 19.6 Å². The lowest BCUT2D eigenvalue weighted by Gasteiger charge is -2.23. The second-order valence-corrected chi connectivity index (χ2v) is 4.56. The van der Waals surface area contributed by atoms with Gasteiger partial charge in [0.2, 0.25) is 0 Å². The van der Waals surface area contributed by atoms with Gasteiger partial charge in [0.05, 0.1) is 0 Å². The average molecular weight is 221 g/mol. The second-order valence-electron chi connectivity index (χ2n) is 4.56. The van der Waals surface area contributed by atoms with E-state index in [1.54, 1.807) is 0 Å². The fourth-order valence-electron chi connectivity index (χ4n) is 2.33. The van der Waals surface area contributed by atoms with Gasteiger partial charge in [-0.3, -0.25) is 9.69 Å². The van der Waals surface area contributed by atoms with Crippen molar-refractivity contribution in [2.24, 2.45) is 5.92 Å². The van der Waals surface area contributed by atoms with Gasteiger partial charge in [-0.25, -0.2) is 0 Å². The quantitative estimate of drug-likeness (QED) is 0.508. The Bertz CT molecular complexity index is 237. The van der Waals surface area contributed by atoms with E-state index in [-0.39, 0.29) is 5.92 Å². The van der Waals surface area contributed by atoms with Gasteiger partial charge in [0.25, 0.3) is 0 Å². The van der Waals surface area contributed by atoms with Crippen LogP contribution in [0.3, 0.4) is 0 Å². The molecule has 0 spiro atoms. The molecule has 0 saturated heterocycles. The minimum atomic E-state index is 0.238. The molecule has 90 valence electrons. The van der Waals surface area contributed by atoms with Crippen molar-refractivity contribution in [1.82, 2.24) is 4.90 Å². The molecule has 1 unspecified atom stereocenters. The summed E-state index contributed by atoms with van der Waals surface area (Å²) in [5, 5.41) is 0. The van der Waals surface area contributed by atoms with Crippen LogP contribution in [0.2, 0.25) is 0 Å². The fourth-order valence-corrected chi connectivity index (χ4v) is 2.33. The molecule has 0 radical (unpaired) electrons. The lowest BCUT2D eigenvalue weighted by Crippen LogP contribution is -2.33. The molecular weight excluding hydrogens is 198 g/mol. The standard InChI is InChI=1S/C14H23NO/c1-3-10-15(11-4-2)12-13-8-6-5-7-9-14(13)16/h3-4,13H,1-2,5-12H2. The van der Waals surface area contributed by atoms with Crippen LogP contribution in [-0.4, -0.2) is 30.3 Å². The summed E-state index contributed by atoms with van der Waals surface area (Å²) in [6, 6.07) is 0. The molecule has 1 rings (SSSR count). The molecule has 1 fully saturated rings. The van der Waals surface area contributed by atoms with Gasteiger partial charge in [0, 0.05) is 32.0 Å². The summed E-state index contributed by atoms with van der Waals surface area (Å²) in [5.41, 5.74) is 0. The van der Waals surface area contributed by atoms with E-state index >= 15 is 0 Å². The molecule has 1 aliphatic carbocycles. The van der Waals surface area contributed by atoms with E-state index in [1.165, 1.54) is 12.8 Å². The minimum absolute atomic E-state index is 0.238. The molecule has 0 amide bonds. The highest BCUT2D eigenvalue weighted by Gasteiger charge is 2.22. The first kappa shape index (κ1) is 13.2. The first-order valence-electron chi connectivity index (χ1n) is 6.24. The van der Waals surface area contributed by atoms with Gasteiger partial charge in [-0.15, -0.1) is 13.2 Å². The lowest BCUT2D eigenvalue weighted by molar-refractivity contribution is -0.123. The third-order valence-corrected chi connectivity index (χ3v) is 3.18.